The van der Waals surface area contributed by atoms with Crippen LogP contribution in [0.4, 0.5) is 5.69 Å². The van der Waals surface area contributed by atoms with E-state index in [0.29, 0.717) is 0 Å². The molecule has 0 spiro atoms. The average Bonchev–Trinajstić information content (AvgIpc) is 3.06. The highest BCUT2D eigenvalue weighted by molar-refractivity contribution is 7.08. The molecule has 3 aromatic rings. The van der Waals surface area contributed by atoms with Crippen molar-refractivity contribution < 1.29 is 4.79 Å². The Morgan fingerprint density at radius 2 is 2.18 bits per heavy atom. The van der Waals surface area contributed by atoms with Crippen LogP contribution in [0.15, 0.2) is 53.5 Å². The monoisotopic (exact) mass is 310 g/mol. The van der Waals surface area contributed by atoms with Crippen LogP contribution in [0.25, 0.3) is 10.8 Å². The van der Waals surface area contributed by atoms with Crippen molar-refractivity contribution in [2.75, 3.05) is 5.32 Å². The third-order valence-electron chi connectivity index (χ3n) is 3.75. The number of carbonyl (C=O) groups excluding carboxylic acids is 1. The number of carbonyl (C=O) groups is 1. The minimum Gasteiger partial charge on any atom is -0.326 e. The van der Waals surface area contributed by atoms with Gasteiger partial charge in [0, 0.05) is 23.5 Å². The number of rotatable bonds is 5. The number of nitrogens with one attached hydrogen (secondary N) is 1. The van der Waals surface area contributed by atoms with Crippen LogP contribution < -0.4 is 5.32 Å². The molecule has 2 aromatic heterocycles. The molecule has 0 fully saturated rings. The van der Waals surface area contributed by atoms with E-state index in [1.54, 1.807) is 17.5 Å². The summed E-state index contributed by atoms with van der Waals surface area (Å²) >= 11 is 1.63. The van der Waals surface area contributed by atoms with Crippen molar-refractivity contribution in [3.8, 4) is 0 Å². The highest BCUT2D eigenvalue weighted by Crippen LogP contribution is 2.26. The Bertz CT molecular complexity index is 768. The fourth-order valence-corrected chi connectivity index (χ4v) is 3.32. The molecular formula is C18H18N2OS. The third kappa shape index (κ3) is 3.17. The Hall–Kier alpha value is -2.20. The summed E-state index contributed by atoms with van der Waals surface area (Å²) in [6.07, 6.45) is 5.43. The van der Waals surface area contributed by atoms with E-state index in [1.807, 2.05) is 41.9 Å². The van der Waals surface area contributed by atoms with E-state index in [0.717, 1.165) is 34.9 Å². The molecule has 1 unspecified atom stereocenters. The summed E-state index contributed by atoms with van der Waals surface area (Å²) in [5.41, 5.74) is 1.94. The second-order valence-electron chi connectivity index (χ2n) is 5.32. The predicted molar refractivity (Wildman–Crippen MR) is 92.3 cm³/mol. The van der Waals surface area contributed by atoms with Gasteiger partial charge in [-0.3, -0.25) is 9.78 Å². The van der Waals surface area contributed by atoms with Crippen molar-refractivity contribution in [1.82, 2.24) is 4.98 Å². The summed E-state index contributed by atoms with van der Waals surface area (Å²) in [6, 6.07) is 9.89. The first-order valence-electron chi connectivity index (χ1n) is 7.44. The number of pyridine rings is 1. The normalized spacial score (nSPS) is 12.2. The molecule has 2 heterocycles. The molecule has 0 bridgehead atoms. The number of fused-ring (bicyclic) bond motifs is 1. The summed E-state index contributed by atoms with van der Waals surface area (Å²) in [4.78, 5) is 16.7. The van der Waals surface area contributed by atoms with Gasteiger partial charge in [-0.2, -0.15) is 11.3 Å². The van der Waals surface area contributed by atoms with E-state index in [4.69, 9.17) is 0 Å². The zero-order valence-corrected chi connectivity index (χ0v) is 13.3. The Morgan fingerprint density at radius 3 is 2.95 bits per heavy atom. The van der Waals surface area contributed by atoms with Crippen molar-refractivity contribution in [3.05, 3.63) is 59.0 Å². The van der Waals surface area contributed by atoms with Gasteiger partial charge in [-0.25, -0.2) is 0 Å². The molecule has 0 saturated heterocycles. The summed E-state index contributed by atoms with van der Waals surface area (Å²) in [6.45, 7) is 2.11. The van der Waals surface area contributed by atoms with Gasteiger partial charge in [-0.15, -0.1) is 0 Å². The lowest BCUT2D eigenvalue weighted by Crippen LogP contribution is -2.20. The van der Waals surface area contributed by atoms with E-state index in [1.165, 1.54) is 0 Å². The number of thiophene rings is 1. The Morgan fingerprint density at radius 1 is 1.27 bits per heavy atom. The fourth-order valence-electron chi connectivity index (χ4n) is 2.60. The van der Waals surface area contributed by atoms with Crippen LogP contribution >= 0.6 is 11.3 Å². The number of amides is 1. The average molecular weight is 310 g/mol. The lowest BCUT2D eigenvalue weighted by molar-refractivity contribution is -0.117. The summed E-state index contributed by atoms with van der Waals surface area (Å²) < 4.78 is 0. The van der Waals surface area contributed by atoms with Crippen LogP contribution in [0.1, 0.15) is 31.2 Å². The molecule has 112 valence electrons. The van der Waals surface area contributed by atoms with Crippen LogP contribution in [0, 0.1) is 0 Å². The highest BCUT2D eigenvalue weighted by Gasteiger charge is 2.20. The van der Waals surface area contributed by atoms with Crippen molar-refractivity contribution >= 4 is 33.7 Å². The maximum atomic E-state index is 12.6. The van der Waals surface area contributed by atoms with Gasteiger partial charge < -0.3 is 5.32 Å². The van der Waals surface area contributed by atoms with Crippen LogP contribution in [0.5, 0.6) is 0 Å². The van der Waals surface area contributed by atoms with Crippen LogP contribution in [-0.4, -0.2) is 10.9 Å². The number of anilines is 1. The van der Waals surface area contributed by atoms with Gasteiger partial charge in [0.15, 0.2) is 0 Å². The van der Waals surface area contributed by atoms with Gasteiger partial charge in [0.1, 0.15) is 0 Å². The largest absolute Gasteiger partial charge is 0.326 e. The molecule has 0 aliphatic heterocycles. The summed E-state index contributed by atoms with van der Waals surface area (Å²) in [7, 11) is 0. The Labute approximate surface area is 134 Å². The molecule has 0 saturated carbocycles. The maximum Gasteiger partial charge on any atom is 0.231 e. The van der Waals surface area contributed by atoms with Gasteiger partial charge in [0.25, 0.3) is 0 Å². The predicted octanol–water partition coefficient (Wildman–Crippen LogP) is 4.82. The first-order valence-corrected chi connectivity index (χ1v) is 8.39. The Balaban J connectivity index is 1.81. The molecule has 3 nitrogen and oxygen atoms in total. The molecule has 1 N–H and O–H groups in total. The van der Waals surface area contributed by atoms with Crippen molar-refractivity contribution in [3.63, 3.8) is 0 Å². The minimum atomic E-state index is -0.0793. The van der Waals surface area contributed by atoms with E-state index in [2.05, 4.69) is 22.6 Å². The number of benzene rings is 1. The molecule has 1 aromatic carbocycles. The van der Waals surface area contributed by atoms with Crippen LogP contribution in [0.3, 0.4) is 0 Å². The van der Waals surface area contributed by atoms with Crippen LogP contribution in [-0.2, 0) is 4.79 Å². The second-order valence-corrected chi connectivity index (χ2v) is 6.10. The molecule has 0 aliphatic rings. The molecule has 0 radical (unpaired) electrons. The molecule has 1 atom stereocenters. The number of aromatic nitrogens is 1. The van der Waals surface area contributed by atoms with Gasteiger partial charge >= 0.3 is 0 Å². The topological polar surface area (TPSA) is 42.0 Å². The third-order valence-corrected chi connectivity index (χ3v) is 4.45. The van der Waals surface area contributed by atoms with E-state index >= 15 is 0 Å². The van der Waals surface area contributed by atoms with Crippen LogP contribution in [0.2, 0.25) is 0 Å². The first-order chi connectivity index (χ1) is 10.8. The van der Waals surface area contributed by atoms with Crippen molar-refractivity contribution in [1.29, 1.82) is 0 Å². The standard InChI is InChI=1S/C18H18N2OS/c1-2-3-17(15-7-9-22-12-15)18(21)20-16-5-4-14-11-19-8-6-13(14)10-16/h4-12,17H,2-3H2,1H3,(H,20,21). The lowest BCUT2D eigenvalue weighted by atomic mass is 9.96. The van der Waals surface area contributed by atoms with Gasteiger partial charge in [0.2, 0.25) is 5.91 Å². The summed E-state index contributed by atoms with van der Waals surface area (Å²) in [5.74, 6) is -0.0157. The molecular weight excluding hydrogens is 292 g/mol. The maximum absolute atomic E-state index is 12.6. The first kappa shape index (κ1) is 14.7. The molecule has 1 amide bonds. The van der Waals surface area contributed by atoms with Gasteiger partial charge in [-0.1, -0.05) is 19.4 Å². The highest BCUT2D eigenvalue weighted by atomic mass is 32.1. The number of hydrogen-bond acceptors (Lipinski definition) is 3. The second kappa shape index (κ2) is 6.71. The van der Waals surface area contributed by atoms with Gasteiger partial charge in [0.05, 0.1) is 5.92 Å². The number of hydrogen-bond donors (Lipinski definition) is 1. The number of nitrogens with zero attached hydrogens (tertiary/aromatic N) is 1. The Kier molecular flexibility index (Phi) is 4.49. The molecule has 3 rings (SSSR count). The van der Waals surface area contributed by atoms with E-state index in [-0.39, 0.29) is 11.8 Å². The zero-order valence-electron chi connectivity index (χ0n) is 12.5. The van der Waals surface area contributed by atoms with Crippen molar-refractivity contribution in [2.45, 2.75) is 25.7 Å². The smallest absolute Gasteiger partial charge is 0.231 e. The summed E-state index contributed by atoms with van der Waals surface area (Å²) in [5, 5.41) is 9.29. The zero-order chi connectivity index (χ0) is 15.4. The molecule has 22 heavy (non-hydrogen) atoms. The van der Waals surface area contributed by atoms with E-state index < -0.39 is 0 Å². The SMILES string of the molecule is CCCC(C(=O)Nc1ccc2cnccc2c1)c1ccsc1. The minimum absolute atomic E-state index is 0.0636. The van der Waals surface area contributed by atoms with Crippen molar-refractivity contribution in [2.24, 2.45) is 0 Å². The van der Waals surface area contributed by atoms with E-state index in [9.17, 15) is 4.79 Å². The lowest BCUT2D eigenvalue weighted by Gasteiger charge is -2.15. The fraction of sp³-hybridized carbons (Fsp3) is 0.222. The molecule has 4 heteroatoms. The molecule has 0 aliphatic carbocycles. The van der Waals surface area contributed by atoms with Gasteiger partial charge in [-0.05, 0) is 52.4 Å². The quantitative estimate of drug-likeness (QED) is 0.734.